The topological polar surface area (TPSA) is 28.7 Å². The summed E-state index contributed by atoms with van der Waals surface area (Å²) in [7, 11) is 0. The minimum Gasteiger partial charge on any atom is -0.338 e. The Morgan fingerprint density at radius 1 is 0.895 bits per heavy atom. The van der Waals surface area contributed by atoms with Crippen molar-refractivity contribution in [3.05, 3.63) is 63.7 Å². The average Bonchev–Trinajstić information content (AvgIpc) is 2.89. The van der Waals surface area contributed by atoms with Crippen LogP contribution in [0.2, 0.25) is 0 Å². The first-order valence-corrected chi connectivity index (χ1v) is 7.38. The lowest BCUT2D eigenvalue weighted by Crippen LogP contribution is -1.81. The molecule has 1 aromatic heterocycles. The number of imidazole rings is 1. The molecule has 0 fully saturated rings. The summed E-state index contributed by atoms with van der Waals surface area (Å²) in [5, 5.41) is 0. The normalized spacial score (nSPS) is 10.6. The molecule has 3 aromatic rings. The molecule has 0 saturated heterocycles. The first-order chi connectivity index (χ1) is 9.24. The molecule has 0 radical (unpaired) electrons. The van der Waals surface area contributed by atoms with Gasteiger partial charge in [0.15, 0.2) is 0 Å². The smallest absolute Gasteiger partial charge is 0.137 e. The number of hydrogen-bond acceptors (Lipinski definition) is 1. The first-order valence-electron chi connectivity index (χ1n) is 5.80. The van der Waals surface area contributed by atoms with Crippen LogP contribution in [0.1, 0.15) is 0 Å². The summed E-state index contributed by atoms with van der Waals surface area (Å²) >= 11 is 6.99. The van der Waals surface area contributed by atoms with Crippen molar-refractivity contribution in [3.63, 3.8) is 0 Å². The van der Waals surface area contributed by atoms with Crippen molar-refractivity contribution in [3.8, 4) is 22.6 Å². The maximum atomic E-state index is 4.44. The van der Waals surface area contributed by atoms with Crippen LogP contribution < -0.4 is 0 Å². The van der Waals surface area contributed by atoms with E-state index in [-0.39, 0.29) is 0 Å². The zero-order valence-electron chi connectivity index (χ0n) is 9.90. The van der Waals surface area contributed by atoms with Gasteiger partial charge in [-0.25, -0.2) is 4.98 Å². The minimum atomic E-state index is 0.873. The highest BCUT2D eigenvalue weighted by Gasteiger charge is 2.07. The summed E-state index contributed by atoms with van der Waals surface area (Å²) in [6, 6.07) is 16.2. The number of aromatic amines is 1. The quantitative estimate of drug-likeness (QED) is 0.647. The highest BCUT2D eigenvalue weighted by Crippen LogP contribution is 2.28. The monoisotopic (exact) mass is 376 g/mol. The SMILES string of the molecule is Brc1ccc(-c2ncc(-c3ccccc3Br)[nH]2)cc1. The fraction of sp³-hybridized carbons (Fsp3) is 0. The van der Waals surface area contributed by atoms with Crippen LogP contribution in [0.15, 0.2) is 63.7 Å². The molecule has 0 spiro atoms. The molecule has 1 N–H and O–H groups in total. The zero-order chi connectivity index (χ0) is 13.2. The van der Waals surface area contributed by atoms with Gasteiger partial charge >= 0.3 is 0 Å². The number of benzene rings is 2. The molecule has 0 bridgehead atoms. The Bertz CT molecular complexity index is 702. The van der Waals surface area contributed by atoms with E-state index >= 15 is 0 Å². The second kappa shape index (κ2) is 5.31. The molecule has 0 amide bonds. The summed E-state index contributed by atoms with van der Waals surface area (Å²) in [5.41, 5.74) is 3.19. The molecule has 0 saturated carbocycles. The van der Waals surface area contributed by atoms with Gasteiger partial charge < -0.3 is 4.98 Å². The van der Waals surface area contributed by atoms with Crippen molar-refractivity contribution in [2.45, 2.75) is 0 Å². The van der Waals surface area contributed by atoms with E-state index in [0.29, 0.717) is 0 Å². The molecule has 4 heteroatoms. The lowest BCUT2D eigenvalue weighted by molar-refractivity contribution is 1.31. The molecule has 94 valence electrons. The van der Waals surface area contributed by atoms with Crippen molar-refractivity contribution < 1.29 is 0 Å². The molecule has 0 atom stereocenters. The van der Waals surface area contributed by atoms with Gasteiger partial charge in [0.05, 0.1) is 11.9 Å². The standard InChI is InChI=1S/C15H10Br2N2/c16-11-7-5-10(6-8-11)15-18-9-14(19-15)12-3-1-2-4-13(12)17/h1-9H,(H,18,19). The van der Waals surface area contributed by atoms with E-state index in [9.17, 15) is 0 Å². The minimum absolute atomic E-state index is 0.873. The van der Waals surface area contributed by atoms with Gasteiger partial charge in [-0.3, -0.25) is 0 Å². The summed E-state index contributed by atoms with van der Waals surface area (Å²) in [6.07, 6.45) is 1.86. The molecule has 2 aromatic carbocycles. The molecular formula is C15H10Br2N2. The van der Waals surface area contributed by atoms with E-state index in [1.807, 2.05) is 48.7 Å². The summed E-state index contributed by atoms with van der Waals surface area (Å²) in [4.78, 5) is 7.79. The van der Waals surface area contributed by atoms with Crippen LogP contribution >= 0.6 is 31.9 Å². The number of nitrogens with zero attached hydrogens (tertiary/aromatic N) is 1. The van der Waals surface area contributed by atoms with Crippen LogP contribution in [0.5, 0.6) is 0 Å². The van der Waals surface area contributed by atoms with E-state index in [2.05, 4.69) is 47.9 Å². The summed E-state index contributed by atoms with van der Waals surface area (Å²) < 4.78 is 2.12. The van der Waals surface area contributed by atoms with Gasteiger partial charge in [0.25, 0.3) is 0 Å². The van der Waals surface area contributed by atoms with Gasteiger partial charge in [0, 0.05) is 20.1 Å². The Labute approximate surface area is 128 Å². The van der Waals surface area contributed by atoms with E-state index in [1.165, 1.54) is 0 Å². The highest BCUT2D eigenvalue weighted by molar-refractivity contribution is 9.10. The van der Waals surface area contributed by atoms with Crippen molar-refractivity contribution in [2.75, 3.05) is 0 Å². The number of halogens is 2. The van der Waals surface area contributed by atoms with Gasteiger partial charge in [-0.1, -0.05) is 62.2 Å². The van der Waals surface area contributed by atoms with Gasteiger partial charge in [0.1, 0.15) is 5.82 Å². The molecule has 0 unspecified atom stereocenters. The second-order valence-electron chi connectivity index (χ2n) is 4.13. The van der Waals surface area contributed by atoms with Crippen LogP contribution in [-0.2, 0) is 0 Å². The fourth-order valence-electron chi connectivity index (χ4n) is 1.89. The molecule has 3 rings (SSSR count). The van der Waals surface area contributed by atoms with Crippen molar-refractivity contribution in [1.29, 1.82) is 0 Å². The van der Waals surface area contributed by atoms with Crippen LogP contribution in [-0.4, -0.2) is 9.97 Å². The van der Waals surface area contributed by atoms with E-state index in [4.69, 9.17) is 0 Å². The Hall–Kier alpha value is -1.39. The molecule has 0 aliphatic rings. The largest absolute Gasteiger partial charge is 0.338 e. The zero-order valence-corrected chi connectivity index (χ0v) is 13.1. The third kappa shape index (κ3) is 2.65. The molecular weight excluding hydrogens is 368 g/mol. The van der Waals surface area contributed by atoms with Gasteiger partial charge in [-0.05, 0) is 18.2 Å². The maximum absolute atomic E-state index is 4.44. The van der Waals surface area contributed by atoms with Crippen LogP contribution in [0.25, 0.3) is 22.6 Å². The molecule has 19 heavy (non-hydrogen) atoms. The van der Waals surface area contributed by atoms with E-state index < -0.39 is 0 Å². The Morgan fingerprint density at radius 3 is 2.37 bits per heavy atom. The third-order valence-electron chi connectivity index (χ3n) is 2.86. The van der Waals surface area contributed by atoms with Crippen LogP contribution in [0.3, 0.4) is 0 Å². The number of hydrogen-bond donors (Lipinski definition) is 1. The summed E-state index contributed by atoms with van der Waals surface area (Å²) in [5.74, 6) is 0.873. The molecule has 0 aliphatic carbocycles. The van der Waals surface area contributed by atoms with E-state index in [1.54, 1.807) is 0 Å². The number of nitrogens with one attached hydrogen (secondary N) is 1. The van der Waals surface area contributed by atoms with Crippen LogP contribution in [0, 0.1) is 0 Å². The lowest BCUT2D eigenvalue weighted by atomic mass is 10.2. The van der Waals surface area contributed by atoms with Crippen molar-refractivity contribution >= 4 is 31.9 Å². The second-order valence-corrected chi connectivity index (χ2v) is 5.90. The molecule has 2 nitrogen and oxygen atoms in total. The number of rotatable bonds is 2. The van der Waals surface area contributed by atoms with Crippen molar-refractivity contribution in [1.82, 2.24) is 9.97 Å². The van der Waals surface area contributed by atoms with Gasteiger partial charge in [-0.15, -0.1) is 0 Å². The lowest BCUT2D eigenvalue weighted by Gasteiger charge is -2.00. The first kappa shape index (κ1) is 12.6. The number of H-pyrrole nitrogens is 1. The Morgan fingerprint density at radius 2 is 1.63 bits per heavy atom. The van der Waals surface area contributed by atoms with Crippen LogP contribution in [0.4, 0.5) is 0 Å². The highest BCUT2D eigenvalue weighted by atomic mass is 79.9. The van der Waals surface area contributed by atoms with Gasteiger partial charge in [0.2, 0.25) is 0 Å². The summed E-state index contributed by atoms with van der Waals surface area (Å²) in [6.45, 7) is 0. The Balaban J connectivity index is 2.00. The predicted molar refractivity (Wildman–Crippen MR) is 84.9 cm³/mol. The predicted octanol–water partition coefficient (Wildman–Crippen LogP) is 5.27. The van der Waals surface area contributed by atoms with Gasteiger partial charge in [-0.2, -0.15) is 0 Å². The average molecular weight is 378 g/mol. The molecule has 1 heterocycles. The Kier molecular flexibility index (Phi) is 3.53. The fourth-order valence-corrected chi connectivity index (χ4v) is 2.65. The maximum Gasteiger partial charge on any atom is 0.137 e. The third-order valence-corrected chi connectivity index (χ3v) is 4.08. The van der Waals surface area contributed by atoms with Crippen molar-refractivity contribution in [2.24, 2.45) is 0 Å². The number of aromatic nitrogens is 2. The molecule has 0 aliphatic heterocycles. The van der Waals surface area contributed by atoms with E-state index in [0.717, 1.165) is 31.6 Å².